The van der Waals surface area contributed by atoms with Crippen LogP contribution < -0.4 is 10.6 Å². The van der Waals surface area contributed by atoms with Gasteiger partial charge in [0.2, 0.25) is 5.91 Å². The van der Waals surface area contributed by atoms with E-state index in [1.54, 1.807) is 10.9 Å². The van der Waals surface area contributed by atoms with Crippen LogP contribution in [0.25, 0.3) is 10.9 Å². The highest BCUT2D eigenvalue weighted by molar-refractivity contribution is 5.92. The van der Waals surface area contributed by atoms with Crippen molar-refractivity contribution in [3.8, 4) is 0 Å². The highest BCUT2D eigenvalue weighted by Gasteiger charge is 2.14. The molecule has 0 spiro atoms. The third kappa shape index (κ3) is 3.65. The van der Waals surface area contributed by atoms with E-state index in [4.69, 9.17) is 0 Å². The monoisotopic (exact) mass is 334 g/mol. The number of anilines is 2. The largest absolute Gasteiger partial charge is 0.382 e. The fourth-order valence-corrected chi connectivity index (χ4v) is 3.48. The van der Waals surface area contributed by atoms with Crippen LogP contribution in [0.15, 0.2) is 54.7 Å². The minimum atomic E-state index is -0.0770. The lowest BCUT2D eigenvalue weighted by Gasteiger charge is -2.14. The molecule has 1 aromatic heterocycles. The molecule has 1 aliphatic rings. The van der Waals surface area contributed by atoms with Crippen LogP contribution in [0.4, 0.5) is 11.4 Å². The molecule has 128 valence electrons. The number of hydrogen-bond acceptors (Lipinski definition) is 3. The van der Waals surface area contributed by atoms with Gasteiger partial charge in [-0.05, 0) is 37.1 Å². The van der Waals surface area contributed by atoms with Crippen molar-refractivity contribution in [2.75, 3.05) is 10.6 Å². The van der Waals surface area contributed by atoms with E-state index < -0.39 is 0 Å². The summed E-state index contributed by atoms with van der Waals surface area (Å²) in [5.41, 5.74) is 2.84. The predicted molar refractivity (Wildman–Crippen MR) is 101 cm³/mol. The number of carbonyl (C=O) groups is 1. The molecule has 3 aromatic rings. The zero-order valence-corrected chi connectivity index (χ0v) is 14.1. The number of nitrogens with zero attached hydrogens (tertiary/aromatic N) is 2. The van der Waals surface area contributed by atoms with Crippen molar-refractivity contribution in [1.82, 2.24) is 9.78 Å². The molecule has 1 amide bonds. The number of hydrogen-bond donors (Lipinski definition) is 2. The minimum Gasteiger partial charge on any atom is -0.382 e. The van der Waals surface area contributed by atoms with E-state index >= 15 is 0 Å². The minimum absolute atomic E-state index is 0.0770. The highest BCUT2D eigenvalue weighted by Crippen LogP contribution is 2.24. The van der Waals surface area contributed by atoms with Crippen LogP contribution in [-0.4, -0.2) is 21.7 Å². The molecule has 2 N–H and O–H groups in total. The van der Waals surface area contributed by atoms with Gasteiger partial charge in [-0.15, -0.1) is 0 Å². The molecule has 25 heavy (non-hydrogen) atoms. The summed E-state index contributed by atoms with van der Waals surface area (Å²) in [6.45, 7) is 0.202. The van der Waals surface area contributed by atoms with Gasteiger partial charge in [-0.25, -0.2) is 0 Å². The first-order valence-electron chi connectivity index (χ1n) is 8.85. The maximum absolute atomic E-state index is 12.4. The van der Waals surface area contributed by atoms with Gasteiger partial charge in [0.1, 0.15) is 6.54 Å². The zero-order valence-electron chi connectivity index (χ0n) is 14.1. The second kappa shape index (κ2) is 6.97. The van der Waals surface area contributed by atoms with Crippen molar-refractivity contribution in [2.24, 2.45) is 0 Å². The van der Waals surface area contributed by atoms with E-state index in [0.29, 0.717) is 6.04 Å². The van der Waals surface area contributed by atoms with Crippen LogP contribution in [0.2, 0.25) is 0 Å². The SMILES string of the molecule is O=C(Cn1ncc2ccccc21)Nc1cccc(NC2CCCC2)c1. The average molecular weight is 334 g/mol. The third-order valence-electron chi connectivity index (χ3n) is 4.72. The van der Waals surface area contributed by atoms with Gasteiger partial charge in [0.15, 0.2) is 0 Å². The summed E-state index contributed by atoms with van der Waals surface area (Å²) < 4.78 is 1.73. The van der Waals surface area contributed by atoms with E-state index in [-0.39, 0.29) is 12.5 Å². The second-order valence-corrected chi connectivity index (χ2v) is 6.62. The number of para-hydroxylation sites is 1. The van der Waals surface area contributed by atoms with Gasteiger partial charge in [-0.2, -0.15) is 5.10 Å². The van der Waals surface area contributed by atoms with Crippen LogP contribution >= 0.6 is 0 Å². The molecule has 0 radical (unpaired) electrons. The molecule has 2 aromatic carbocycles. The molecular weight excluding hydrogens is 312 g/mol. The molecule has 0 aliphatic heterocycles. The van der Waals surface area contributed by atoms with Gasteiger partial charge < -0.3 is 10.6 Å². The lowest BCUT2D eigenvalue weighted by Crippen LogP contribution is -2.19. The van der Waals surface area contributed by atoms with Gasteiger partial charge in [0, 0.05) is 22.8 Å². The van der Waals surface area contributed by atoms with E-state index in [0.717, 1.165) is 22.3 Å². The number of carbonyl (C=O) groups excluding carboxylic acids is 1. The Labute approximate surface area is 147 Å². The lowest BCUT2D eigenvalue weighted by atomic mass is 10.2. The molecule has 0 unspecified atom stereocenters. The third-order valence-corrected chi connectivity index (χ3v) is 4.72. The maximum Gasteiger partial charge on any atom is 0.246 e. The van der Waals surface area contributed by atoms with Gasteiger partial charge in [-0.3, -0.25) is 9.48 Å². The Morgan fingerprint density at radius 3 is 2.76 bits per heavy atom. The van der Waals surface area contributed by atoms with Crippen LogP contribution in [-0.2, 0) is 11.3 Å². The van der Waals surface area contributed by atoms with Crippen LogP contribution in [0.3, 0.4) is 0 Å². The normalized spacial score (nSPS) is 14.7. The Morgan fingerprint density at radius 2 is 1.88 bits per heavy atom. The fraction of sp³-hybridized carbons (Fsp3) is 0.300. The topological polar surface area (TPSA) is 59.0 Å². The first-order valence-corrected chi connectivity index (χ1v) is 8.85. The number of rotatable bonds is 5. The lowest BCUT2D eigenvalue weighted by molar-refractivity contribution is -0.116. The summed E-state index contributed by atoms with van der Waals surface area (Å²) in [5.74, 6) is -0.0770. The van der Waals surface area contributed by atoms with Crippen LogP contribution in [0.1, 0.15) is 25.7 Å². The van der Waals surface area contributed by atoms with Gasteiger partial charge in [0.05, 0.1) is 11.7 Å². The number of amides is 1. The fourth-order valence-electron chi connectivity index (χ4n) is 3.48. The van der Waals surface area contributed by atoms with Crippen molar-refractivity contribution >= 4 is 28.2 Å². The van der Waals surface area contributed by atoms with E-state index in [2.05, 4.69) is 21.8 Å². The Morgan fingerprint density at radius 1 is 1.08 bits per heavy atom. The summed E-state index contributed by atoms with van der Waals surface area (Å²) in [7, 11) is 0. The number of nitrogens with one attached hydrogen (secondary N) is 2. The molecule has 0 bridgehead atoms. The average Bonchev–Trinajstić information content (AvgIpc) is 3.26. The summed E-state index contributed by atoms with van der Waals surface area (Å²) in [5, 5.41) is 11.9. The van der Waals surface area contributed by atoms with Crippen molar-refractivity contribution in [1.29, 1.82) is 0 Å². The van der Waals surface area contributed by atoms with E-state index in [1.165, 1.54) is 25.7 Å². The van der Waals surface area contributed by atoms with Gasteiger partial charge >= 0.3 is 0 Å². The van der Waals surface area contributed by atoms with Crippen molar-refractivity contribution < 1.29 is 4.79 Å². The smallest absolute Gasteiger partial charge is 0.246 e. The number of benzene rings is 2. The quantitative estimate of drug-likeness (QED) is 0.740. The predicted octanol–water partition coefficient (Wildman–Crippen LogP) is 4.03. The number of aromatic nitrogens is 2. The van der Waals surface area contributed by atoms with Crippen molar-refractivity contribution in [2.45, 2.75) is 38.3 Å². The molecule has 1 saturated carbocycles. The molecule has 0 saturated heterocycles. The first-order chi connectivity index (χ1) is 12.3. The Kier molecular flexibility index (Phi) is 4.37. The molecule has 1 fully saturated rings. The highest BCUT2D eigenvalue weighted by atomic mass is 16.2. The molecule has 1 aliphatic carbocycles. The Balaban J connectivity index is 1.42. The standard InChI is InChI=1S/C20H22N4O/c25-20(14-24-19-11-4-1-6-15(19)13-21-24)23-18-10-5-9-17(12-18)22-16-7-2-3-8-16/h1,4-6,9-13,16,22H,2-3,7-8,14H2,(H,23,25). The second-order valence-electron chi connectivity index (χ2n) is 6.62. The summed E-state index contributed by atoms with van der Waals surface area (Å²) in [4.78, 5) is 12.4. The Hall–Kier alpha value is -2.82. The molecule has 5 heteroatoms. The van der Waals surface area contributed by atoms with Crippen LogP contribution in [0.5, 0.6) is 0 Å². The van der Waals surface area contributed by atoms with Crippen LogP contribution in [0, 0.1) is 0 Å². The molecule has 5 nitrogen and oxygen atoms in total. The molecule has 4 rings (SSSR count). The first kappa shape index (κ1) is 15.7. The molecule has 0 atom stereocenters. The van der Waals surface area contributed by atoms with Gasteiger partial charge in [-0.1, -0.05) is 37.1 Å². The number of fused-ring (bicyclic) bond motifs is 1. The van der Waals surface area contributed by atoms with E-state index in [1.807, 2.05) is 42.5 Å². The van der Waals surface area contributed by atoms with E-state index in [9.17, 15) is 4.79 Å². The van der Waals surface area contributed by atoms with Crippen molar-refractivity contribution in [3.63, 3.8) is 0 Å². The Bertz CT molecular complexity index is 880. The summed E-state index contributed by atoms with van der Waals surface area (Å²) >= 11 is 0. The molecule has 1 heterocycles. The van der Waals surface area contributed by atoms with Gasteiger partial charge in [0.25, 0.3) is 0 Å². The summed E-state index contributed by atoms with van der Waals surface area (Å²) in [6.07, 6.45) is 6.83. The maximum atomic E-state index is 12.4. The summed E-state index contributed by atoms with van der Waals surface area (Å²) in [6, 6.07) is 16.4. The zero-order chi connectivity index (χ0) is 17.1. The van der Waals surface area contributed by atoms with Crippen molar-refractivity contribution in [3.05, 3.63) is 54.7 Å². The molecular formula is C20H22N4O.